The van der Waals surface area contributed by atoms with Gasteiger partial charge < -0.3 is 14.4 Å². The third-order valence-corrected chi connectivity index (χ3v) is 3.62. The molecule has 0 saturated carbocycles. The van der Waals surface area contributed by atoms with E-state index in [0.717, 1.165) is 16.7 Å². The van der Waals surface area contributed by atoms with Crippen molar-refractivity contribution in [2.75, 3.05) is 13.7 Å². The Labute approximate surface area is 131 Å². The van der Waals surface area contributed by atoms with Gasteiger partial charge >= 0.3 is 12.1 Å². The highest BCUT2D eigenvalue weighted by atomic mass is 16.6. The topological polar surface area (TPSA) is 55.8 Å². The number of aryl methyl sites for hydroxylation is 1. The lowest BCUT2D eigenvalue weighted by Crippen LogP contribution is -2.40. The third-order valence-electron chi connectivity index (χ3n) is 3.62. The van der Waals surface area contributed by atoms with Crippen LogP contribution in [-0.4, -0.2) is 36.2 Å². The van der Waals surface area contributed by atoms with E-state index in [2.05, 4.69) is 0 Å². The van der Waals surface area contributed by atoms with Gasteiger partial charge in [0.15, 0.2) is 0 Å². The number of fused-ring (bicyclic) bond motifs is 1. The van der Waals surface area contributed by atoms with Gasteiger partial charge in [0.25, 0.3) is 0 Å². The number of amides is 1. The number of methoxy groups -OCH3 is 1. The SMILES string of the molecule is COC(=O)c1cc2c(cc1C)CN(C(=O)OC(C)(C)C)CC2. The minimum atomic E-state index is -0.498. The van der Waals surface area contributed by atoms with Gasteiger partial charge in [0.05, 0.1) is 12.7 Å². The summed E-state index contributed by atoms with van der Waals surface area (Å²) in [5.41, 5.74) is 3.10. The quantitative estimate of drug-likeness (QED) is 0.748. The van der Waals surface area contributed by atoms with Gasteiger partial charge in [-0.2, -0.15) is 0 Å². The molecule has 0 unspecified atom stereocenters. The summed E-state index contributed by atoms with van der Waals surface area (Å²) in [6, 6.07) is 3.83. The van der Waals surface area contributed by atoms with Gasteiger partial charge in [-0.1, -0.05) is 6.07 Å². The third kappa shape index (κ3) is 3.59. The number of nitrogens with zero attached hydrogens (tertiary/aromatic N) is 1. The first kappa shape index (κ1) is 16.3. The van der Waals surface area contributed by atoms with E-state index in [4.69, 9.17) is 9.47 Å². The number of hydrogen-bond acceptors (Lipinski definition) is 4. The molecule has 0 N–H and O–H groups in total. The first-order chi connectivity index (χ1) is 10.2. The fraction of sp³-hybridized carbons (Fsp3) is 0.529. The van der Waals surface area contributed by atoms with Gasteiger partial charge in [-0.25, -0.2) is 9.59 Å². The summed E-state index contributed by atoms with van der Waals surface area (Å²) in [7, 11) is 1.38. The molecule has 0 spiro atoms. The summed E-state index contributed by atoms with van der Waals surface area (Å²) in [4.78, 5) is 25.6. The number of hydrogen-bond donors (Lipinski definition) is 0. The Hall–Kier alpha value is -2.04. The summed E-state index contributed by atoms with van der Waals surface area (Å²) in [6.07, 6.45) is 0.409. The van der Waals surface area contributed by atoms with Crippen LogP contribution >= 0.6 is 0 Å². The van der Waals surface area contributed by atoms with Crippen molar-refractivity contribution in [3.8, 4) is 0 Å². The van der Waals surface area contributed by atoms with Crippen LogP contribution in [-0.2, 0) is 22.4 Å². The second-order valence-electron chi connectivity index (χ2n) is 6.58. The Morgan fingerprint density at radius 2 is 1.86 bits per heavy atom. The standard InChI is InChI=1S/C17H23NO4/c1-11-8-13-10-18(16(20)22-17(2,3)4)7-6-12(13)9-14(11)15(19)21-5/h8-9H,6-7,10H2,1-5H3. The Balaban J connectivity index is 2.20. The molecule has 0 aliphatic carbocycles. The second-order valence-corrected chi connectivity index (χ2v) is 6.58. The highest BCUT2D eigenvalue weighted by Gasteiger charge is 2.26. The number of carbonyl (C=O) groups is 2. The van der Waals surface area contributed by atoms with Crippen molar-refractivity contribution in [2.24, 2.45) is 0 Å². The van der Waals surface area contributed by atoms with Crippen molar-refractivity contribution in [2.45, 2.75) is 46.3 Å². The molecule has 1 aromatic rings. The van der Waals surface area contributed by atoms with E-state index in [1.165, 1.54) is 7.11 Å². The van der Waals surface area contributed by atoms with Crippen molar-refractivity contribution in [1.29, 1.82) is 0 Å². The molecule has 1 heterocycles. The van der Waals surface area contributed by atoms with Crippen LogP contribution in [0.15, 0.2) is 12.1 Å². The first-order valence-electron chi connectivity index (χ1n) is 7.40. The lowest BCUT2D eigenvalue weighted by molar-refractivity contribution is 0.0223. The Bertz CT molecular complexity index is 601. The highest BCUT2D eigenvalue weighted by Crippen LogP contribution is 2.24. The van der Waals surface area contributed by atoms with Gasteiger partial charge in [0.2, 0.25) is 0 Å². The fourth-order valence-electron chi connectivity index (χ4n) is 2.54. The molecule has 0 saturated heterocycles. The van der Waals surface area contributed by atoms with Crippen molar-refractivity contribution in [3.63, 3.8) is 0 Å². The molecule has 2 rings (SSSR count). The van der Waals surface area contributed by atoms with E-state index in [1.54, 1.807) is 4.90 Å². The monoisotopic (exact) mass is 305 g/mol. The summed E-state index contributed by atoms with van der Waals surface area (Å²) in [5.74, 6) is -0.324. The summed E-state index contributed by atoms with van der Waals surface area (Å²) in [5, 5.41) is 0. The molecule has 0 aromatic heterocycles. The van der Waals surface area contributed by atoms with Crippen LogP contribution in [0.25, 0.3) is 0 Å². The van der Waals surface area contributed by atoms with E-state index in [9.17, 15) is 9.59 Å². The van der Waals surface area contributed by atoms with Crippen LogP contribution in [0.4, 0.5) is 4.79 Å². The maximum Gasteiger partial charge on any atom is 0.410 e. The molecule has 0 bridgehead atoms. The summed E-state index contributed by atoms with van der Waals surface area (Å²) >= 11 is 0. The Morgan fingerprint density at radius 1 is 1.18 bits per heavy atom. The average Bonchev–Trinajstić information content (AvgIpc) is 2.43. The molecule has 0 fully saturated rings. The molecular weight excluding hydrogens is 282 g/mol. The van der Waals surface area contributed by atoms with E-state index < -0.39 is 5.60 Å². The molecule has 22 heavy (non-hydrogen) atoms. The molecular formula is C17H23NO4. The van der Waals surface area contributed by atoms with Crippen LogP contribution in [0.2, 0.25) is 0 Å². The van der Waals surface area contributed by atoms with Crippen molar-refractivity contribution < 1.29 is 19.1 Å². The van der Waals surface area contributed by atoms with Gasteiger partial charge in [-0.15, -0.1) is 0 Å². The molecule has 1 aliphatic rings. The zero-order chi connectivity index (χ0) is 16.5. The number of benzene rings is 1. The van der Waals surface area contributed by atoms with E-state index in [1.807, 2.05) is 39.8 Å². The fourth-order valence-corrected chi connectivity index (χ4v) is 2.54. The van der Waals surface area contributed by atoms with E-state index in [-0.39, 0.29) is 12.1 Å². The van der Waals surface area contributed by atoms with Crippen molar-refractivity contribution in [3.05, 3.63) is 34.4 Å². The van der Waals surface area contributed by atoms with Gasteiger partial charge in [-0.05, 0) is 56.9 Å². The van der Waals surface area contributed by atoms with Crippen LogP contribution in [0.1, 0.15) is 47.8 Å². The predicted octanol–water partition coefficient (Wildman–Crippen LogP) is 3.07. The van der Waals surface area contributed by atoms with Gasteiger partial charge in [0, 0.05) is 13.1 Å². The smallest absolute Gasteiger partial charge is 0.410 e. The predicted molar refractivity (Wildman–Crippen MR) is 82.9 cm³/mol. The van der Waals surface area contributed by atoms with Crippen LogP contribution in [0.5, 0.6) is 0 Å². The maximum atomic E-state index is 12.2. The zero-order valence-electron chi connectivity index (χ0n) is 13.9. The van der Waals surface area contributed by atoms with Gasteiger partial charge in [0.1, 0.15) is 5.60 Å². The van der Waals surface area contributed by atoms with E-state index >= 15 is 0 Å². The molecule has 0 atom stereocenters. The largest absolute Gasteiger partial charge is 0.465 e. The zero-order valence-corrected chi connectivity index (χ0v) is 13.9. The van der Waals surface area contributed by atoms with E-state index in [0.29, 0.717) is 25.1 Å². The second kappa shape index (κ2) is 5.99. The number of carbonyl (C=O) groups excluding carboxylic acids is 2. The normalized spacial score (nSPS) is 14.3. The van der Waals surface area contributed by atoms with Crippen LogP contribution < -0.4 is 0 Å². The van der Waals surface area contributed by atoms with Crippen LogP contribution in [0, 0.1) is 6.92 Å². The molecule has 0 radical (unpaired) electrons. The van der Waals surface area contributed by atoms with Crippen LogP contribution in [0.3, 0.4) is 0 Å². The minimum absolute atomic E-state index is 0.298. The number of rotatable bonds is 1. The number of ether oxygens (including phenoxy) is 2. The molecule has 120 valence electrons. The molecule has 5 nitrogen and oxygen atoms in total. The van der Waals surface area contributed by atoms with Gasteiger partial charge in [-0.3, -0.25) is 0 Å². The van der Waals surface area contributed by atoms with Crippen molar-refractivity contribution in [1.82, 2.24) is 4.90 Å². The van der Waals surface area contributed by atoms with Crippen molar-refractivity contribution >= 4 is 12.1 Å². The minimum Gasteiger partial charge on any atom is -0.465 e. The summed E-state index contributed by atoms with van der Waals surface area (Å²) in [6.45, 7) is 8.54. The molecule has 1 aromatic carbocycles. The first-order valence-corrected chi connectivity index (χ1v) is 7.40. The maximum absolute atomic E-state index is 12.2. The average molecular weight is 305 g/mol. The Morgan fingerprint density at radius 3 is 2.45 bits per heavy atom. The highest BCUT2D eigenvalue weighted by molar-refractivity contribution is 5.91. The molecule has 5 heteroatoms. The molecule has 1 aliphatic heterocycles. The lowest BCUT2D eigenvalue weighted by atomic mass is 9.94. The molecule has 1 amide bonds. The number of esters is 1. The summed E-state index contributed by atoms with van der Waals surface area (Å²) < 4.78 is 10.2. The lowest BCUT2D eigenvalue weighted by Gasteiger charge is -2.31. The Kier molecular flexibility index (Phi) is 4.44.